The third kappa shape index (κ3) is 5.13. The molecule has 1 fully saturated rings. The molecular formula is C19H19Cl2F3N2. The summed E-state index contributed by atoms with van der Waals surface area (Å²) in [5, 5.41) is 1.27. The van der Waals surface area contributed by atoms with Crippen LogP contribution < -0.4 is 0 Å². The molecule has 3 rings (SSSR count). The molecular weight excluding hydrogens is 384 g/mol. The van der Waals surface area contributed by atoms with E-state index in [-0.39, 0.29) is 0 Å². The Morgan fingerprint density at radius 1 is 0.846 bits per heavy atom. The molecule has 0 aliphatic carbocycles. The van der Waals surface area contributed by atoms with E-state index in [0.717, 1.165) is 44.4 Å². The van der Waals surface area contributed by atoms with Gasteiger partial charge in [0.05, 0.1) is 5.56 Å². The van der Waals surface area contributed by atoms with E-state index in [4.69, 9.17) is 23.2 Å². The van der Waals surface area contributed by atoms with Crippen molar-refractivity contribution >= 4 is 23.2 Å². The minimum atomic E-state index is -4.30. The molecule has 1 heterocycles. The van der Waals surface area contributed by atoms with Crippen LogP contribution in [0.3, 0.4) is 0 Å². The van der Waals surface area contributed by atoms with Crippen molar-refractivity contribution in [3.05, 3.63) is 69.2 Å². The van der Waals surface area contributed by atoms with Gasteiger partial charge in [0.15, 0.2) is 0 Å². The van der Waals surface area contributed by atoms with Crippen LogP contribution in [0.25, 0.3) is 0 Å². The van der Waals surface area contributed by atoms with Crippen LogP contribution in [0.1, 0.15) is 16.7 Å². The second-order valence-electron chi connectivity index (χ2n) is 6.49. The highest BCUT2D eigenvalue weighted by Gasteiger charge is 2.30. The van der Waals surface area contributed by atoms with Crippen LogP contribution in [0.2, 0.25) is 10.0 Å². The number of rotatable bonds is 4. The lowest BCUT2D eigenvalue weighted by molar-refractivity contribution is -0.137. The van der Waals surface area contributed by atoms with Crippen LogP contribution in [0.5, 0.6) is 0 Å². The molecule has 0 unspecified atom stereocenters. The standard InChI is InChI=1S/C19H19Cl2F3N2/c20-17-5-4-15(18(21)11-17)13-26-8-6-25(7-9-26)12-14-2-1-3-16(10-14)19(22,23)24/h1-5,10-11H,6-9,12-13H2. The normalized spacial score (nSPS) is 16.8. The molecule has 1 aliphatic heterocycles. The topological polar surface area (TPSA) is 6.48 Å². The van der Waals surface area contributed by atoms with Gasteiger partial charge in [-0.25, -0.2) is 0 Å². The average molecular weight is 403 g/mol. The molecule has 140 valence electrons. The van der Waals surface area contributed by atoms with Crippen molar-refractivity contribution in [2.45, 2.75) is 19.3 Å². The van der Waals surface area contributed by atoms with Gasteiger partial charge in [-0.2, -0.15) is 13.2 Å². The summed E-state index contributed by atoms with van der Waals surface area (Å²) in [7, 11) is 0. The summed E-state index contributed by atoms with van der Waals surface area (Å²) in [6.07, 6.45) is -4.30. The van der Waals surface area contributed by atoms with Crippen LogP contribution in [0.4, 0.5) is 13.2 Å². The maximum Gasteiger partial charge on any atom is 0.416 e. The smallest absolute Gasteiger partial charge is 0.297 e. The fourth-order valence-electron chi connectivity index (χ4n) is 3.10. The first-order valence-corrected chi connectivity index (χ1v) is 9.11. The lowest BCUT2D eigenvalue weighted by Gasteiger charge is -2.35. The van der Waals surface area contributed by atoms with Crippen LogP contribution in [-0.2, 0) is 19.3 Å². The van der Waals surface area contributed by atoms with Gasteiger partial charge in [-0.05, 0) is 29.3 Å². The highest BCUT2D eigenvalue weighted by molar-refractivity contribution is 6.35. The fraction of sp³-hybridized carbons (Fsp3) is 0.368. The molecule has 26 heavy (non-hydrogen) atoms. The maximum atomic E-state index is 12.8. The zero-order chi connectivity index (χ0) is 18.7. The number of alkyl halides is 3. The molecule has 0 saturated carbocycles. The Hall–Kier alpha value is -1.27. The second-order valence-corrected chi connectivity index (χ2v) is 7.33. The predicted octanol–water partition coefficient (Wildman–Crippen LogP) is 5.33. The maximum absolute atomic E-state index is 12.8. The quantitative estimate of drug-likeness (QED) is 0.681. The first-order chi connectivity index (χ1) is 12.3. The van der Waals surface area contributed by atoms with Gasteiger partial charge < -0.3 is 0 Å². The highest BCUT2D eigenvalue weighted by atomic mass is 35.5. The van der Waals surface area contributed by atoms with Crippen molar-refractivity contribution in [1.29, 1.82) is 0 Å². The Morgan fingerprint density at radius 2 is 1.50 bits per heavy atom. The summed E-state index contributed by atoms with van der Waals surface area (Å²) in [6.45, 7) is 4.58. The fourth-order valence-corrected chi connectivity index (χ4v) is 3.57. The largest absolute Gasteiger partial charge is 0.416 e. The molecule has 2 nitrogen and oxygen atoms in total. The first kappa shape index (κ1) is 19.5. The zero-order valence-corrected chi connectivity index (χ0v) is 15.6. The first-order valence-electron chi connectivity index (χ1n) is 8.36. The van der Waals surface area contributed by atoms with E-state index in [9.17, 15) is 13.2 Å². The molecule has 2 aromatic rings. The Balaban J connectivity index is 1.54. The van der Waals surface area contributed by atoms with Crippen molar-refractivity contribution in [2.24, 2.45) is 0 Å². The molecule has 2 aromatic carbocycles. The van der Waals surface area contributed by atoms with E-state index in [1.54, 1.807) is 12.1 Å². The number of hydrogen-bond donors (Lipinski definition) is 0. The van der Waals surface area contributed by atoms with E-state index < -0.39 is 11.7 Å². The summed E-state index contributed by atoms with van der Waals surface area (Å²) in [5.74, 6) is 0. The van der Waals surface area contributed by atoms with Crippen molar-refractivity contribution in [3.63, 3.8) is 0 Å². The third-order valence-electron chi connectivity index (χ3n) is 4.53. The molecule has 0 radical (unpaired) electrons. The van der Waals surface area contributed by atoms with Crippen molar-refractivity contribution < 1.29 is 13.2 Å². The minimum Gasteiger partial charge on any atom is -0.297 e. The third-order valence-corrected chi connectivity index (χ3v) is 5.12. The zero-order valence-electron chi connectivity index (χ0n) is 14.1. The van der Waals surface area contributed by atoms with Gasteiger partial charge in [0.2, 0.25) is 0 Å². The van der Waals surface area contributed by atoms with Crippen molar-refractivity contribution in [2.75, 3.05) is 26.2 Å². The summed E-state index contributed by atoms with van der Waals surface area (Å²) < 4.78 is 38.5. The molecule has 0 bridgehead atoms. The molecule has 1 aliphatic rings. The van der Waals surface area contributed by atoms with E-state index in [1.807, 2.05) is 12.1 Å². The molecule has 0 spiro atoms. The van der Waals surface area contributed by atoms with E-state index in [2.05, 4.69) is 9.80 Å². The van der Waals surface area contributed by atoms with Crippen LogP contribution in [0.15, 0.2) is 42.5 Å². The van der Waals surface area contributed by atoms with Crippen LogP contribution in [0, 0.1) is 0 Å². The molecule has 0 amide bonds. The SMILES string of the molecule is FC(F)(F)c1cccc(CN2CCN(Cc3ccc(Cl)cc3Cl)CC2)c1. The summed E-state index contributed by atoms with van der Waals surface area (Å²) in [5.41, 5.74) is 1.13. The molecule has 0 aromatic heterocycles. The molecule has 0 N–H and O–H groups in total. The predicted molar refractivity (Wildman–Crippen MR) is 98.5 cm³/mol. The number of hydrogen-bond acceptors (Lipinski definition) is 2. The van der Waals surface area contributed by atoms with Crippen LogP contribution in [-0.4, -0.2) is 36.0 Å². The monoisotopic (exact) mass is 402 g/mol. The Labute approximate surface area is 161 Å². The number of benzene rings is 2. The minimum absolute atomic E-state index is 0.527. The van der Waals surface area contributed by atoms with E-state index in [0.29, 0.717) is 22.2 Å². The molecule has 1 saturated heterocycles. The number of nitrogens with zero attached hydrogens (tertiary/aromatic N) is 2. The van der Waals surface area contributed by atoms with Crippen molar-refractivity contribution in [1.82, 2.24) is 9.80 Å². The number of piperazine rings is 1. The van der Waals surface area contributed by atoms with Gasteiger partial charge in [0.25, 0.3) is 0 Å². The van der Waals surface area contributed by atoms with Gasteiger partial charge in [-0.3, -0.25) is 9.80 Å². The molecule has 7 heteroatoms. The van der Waals surface area contributed by atoms with Gasteiger partial charge >= 0.3 is 6.18 Å². The van der Waals surface area contributed by atoms with Gasteiger partial charge in [-0.1, -0.05) is 47.5 Å². The Kier molecular flexibility index (Phi) is 6.13. The van der Waals surface area contributed by atoms with Crippen LogP contribution >= 0.6 is 23.2 Å². The lowest BCUT2D eigenvalue weighted by atomic mass is 10.1. The van der Waals surface area contributed by atoms with Crippen molar-refractivity contribution in [3.8, 4) is 0 Å². The van der Waals surface area contributed by atoms with E-state index >= 15 is 0 Å². The summed E-state index contributed by atoms with van der Waals surface area (Å²) in [6, 6.07) is 11.1. The lowest BCUT2D eigenvalue weighted by Crippen LogP contribution is -2.45. The second kappa shape index (κ2) is 8.17. The highest BCUT2D eigenvalue weighted by Crippen LogP contribution is 2.30. The van der Waals surface area contributed by atoms with Gasteiger partial charge in [0.1, 0.15) is 0 Å². The van der Waals surface area contributed by atoms with Gasteiger partial charge in [-0.15, -0.1) is 0 Å². The van der Waals surface area contributed by atoms with E-state index in [1.165, 1.54) is 12.1 Å². The Bertz CT molecular complexity index is 757. The molecule has 0 atom stereocenters. The number of halogens is 5. The average Bonchev–Trinajstić information content (AvgIpc) is 2.58. The Morgan fingerprint density at radius 3 is 2.12 bits per heavy atom. The summed E-state index contributed by atoms with van der Waals surface area (Å²) in [4.78, 5) is 4.47. The summed E-state index contributed by atoms with van der Waals surface area (Å²) >= 11 is 12.1. The van der Waals surface area contributed by atoms with Gasteiger partial charge in [0, 0.05) is 49.3 Å².